The summed E-state index contributed by atoms with van der Waals surface area (Å²) in [7, 11) is -3.76. The van der Waals surface area contributed by atoms with Gasteiger partial charge in [-0.2, -0.15) is 0 Å². The van der Waals surface area contributed by atoms with Gasteiger partial charge in [0.25, 0.3) is 0 Å². The first-order valence-electron chi connectivity index (χ1n) is 8.69. The molecule has 1 unspecified atom stereocenters. The lowest BCUT2D eigenvalue weighted by Crippen LogP contribution is -2.32. The van der Waals surface area contributed by atoms with E-state index in [2.05, 4.69) is 10.0 Å². The first kappa shape index (κ1) is 21.8. The number of carbonyl (C=O) groups is 1. The predicted octanol–water partition coefficient (Wildman–Crippen LogP) is 2.91. The van der Waals surface area contributed by atoms with Crippen molar-refractivity contribution in [3.05, 3.63) is 59.7 Å². The highest BCUT2D eigenvalue weighted by Gasteiger charge is 2.16. The van der Waals surface area contributed by atoms with Crippen molar-refractivity contribution >= 4 is 15.9 Å². The Bertz CT molecular complexity index is 918. The molecule has 0 saturated carbocycles. The van der Waals surface area contributed by atoms with E-state index in [9.17, 15) is 22.0 Å². The van der Waals surface area contributed by atoms with E-state index in [1.165, 1.54) is 18.2 Å². The van der Waals surface area contributed by atoms with E-state index in [0.29, 0.717) is 17.9 Å². The first-order valence-corrected chi connectivity index (χ1v) is 10.2. The first-order chi connectivity index (χ1) is 13.2. The van der Waals surface area contributed by atoms with E-state index in [0.717, 1.165) is 12.1 Å². The van der Waals surface area contributed by atoms with Crippen LogP contribution in [0.3, 0.4) is 0 Å². The Morgan fingerprint density at radius 1 is 1.11 bits per heavy atom. The van der Waals surface area contributed by atoms with Crippen molar-refractivity contribution < 1.29 is 26.7 Å². The lowest BCUT2D eigenvalue weighted by Gasteiger charge is -2.15. The van der Waals surface area contributed by atoms with Crippen LogP contribution < -0.4 is 14.8 Å². The number of nitrogens with one attached hydrogen (secondary N) is 2. The molecule has 2 aromatic rings. The minimum Gasteiger partial charge on any atom is -0.494 e. The smallest absolute Gasteiger partial charge is 0.240 e. The third-order valence-electron chi connectivity index (χ3n) is 3.91. The molecule has 0 aliphatic heterocycles. The summed E-state index contributed by atoms with van der Waals surface area (Å²) in [5.74, 6) is -1.83. The molecule has 1 atom stereocenters. The second-order valence-electron chi connectivity index (χ2n) is 6.01. The third kappa shape index (κ3) is 6.00. The summed E-state index contributed by atoms with van der Waals surface area (Å²) in [5, 5.41) is 2.61. The predicted molar refractivity (Wildman–Crippen MR) is 100 cm³/mol. The van der Waals surface area contributed by atoms with Gasteiger partial charge in [0.05, 0.1) is 17.5 Å². The van der Waals surface area contributed by atoms with Gasteiger partial charge in [-0.05, 0) is 55.8 Å². The largest absolute Gasteiger partial charge is 0.494 e. The molecule has 0 aliphatic carbocycles. The molecule has 0 saturated heterocycles. The summed E-state index contributed by atoms with van der Waals surface area (Å²) in [6, 6.07) is 8.75. The van der Waals surface area contributed by atoms with Gasteiger partial charge in [-0.15, -0.1) is 0 Å². The van der Waals surface area contributed by atoms with Gasteiger partial charge in [0.1, 0.15) is 5.75 Å². The van der Waals surface area contributed by atoms with E-state index in [-0.39, 0.29) is 17.9 Å². The number of hydrogen-bond donors (Lipinski definition) is 2. The molecule has 0 spiro atoms. The van der Waals surface area contributed by atoms with Crippen LogP contribution in [0.2, 0.25) is 0 Å². The lowest BCUT2D eigenvalue weighted by atomic mass is 10.1. The van der Waals surface area contributed by atoms with Gasteiger partial charge in [0.15, 0.2) is 11.6 Å². The van der Waals surface area contributed by atoms with Crippen LogP contribution in [0.5, 0.6) is 5.75 Å². The van der Waals surface area contributed by atoms with Crippen LogP contribution in [0, 0.1) is 11.6 Å². The Labute approximate surface area is 163 Å². The van der Waals surface area contributed by atoms with Crippen LogP contribution in [0.25, 0.3) is 0 Å². The zero-order valence-electron chi connectivity index (χ0n) is 15.5. The highest BCUT2D eigenvalue weighted by atomic mass is 32.2. The van der Waals surface area contributed by atoms with Gasteiger partial charge < -0.3 is 10.1 Å². The second-order valence-corrected chi connectivity index (χ2v) is 7.78. The van der Waals surface area contributed by atoms with Gasteiger partial charge in [0.2, 0.25) is 15.9 Å². The van der Waals surface area contributed by atoms with Crippen molar-refractivity contribution in [2.24, 2.45) is 0 Å². The van der Waals surface area contributed by atoms with Crippen LogP contribution in [-0.2, 0) is 14.8 Å². The van der Waals surface area contributed by atoms with Crippen molar-refractivity contribution in [2.45, 2.75) is 31.2 Å². The number of ether oxygens (including phenoxy) is 1. The fraction of sp³-hybridized carbons (Fsp3) is 0.316. The number of sulfonamides is 1. The van der Waals surface area contributed by atoms with Crippen molar-refractivity contribution in [1.82, 2.24) is 10.0 Å². The minimum atomic E-state index is -3.76. The van der Waals surface area contributed by atoms with Crippen LogP contribution >= 0.6 is 0 Å². The number of halogens is 2. The van der Waals surface area contributed by atoms with Crippen LogP contribution in [0.1, 0.15) is 31.9 Å². The Morgan fingerprint density at radius 3 is 2.39 bits per heavy atom. The van der Waals surface area contributed by atoms with E-state index in [1.807, 2.05) is 6.92 Å². The second kappa shape index (κ2) is 9.61. The SMILES string of the molecule is CCOc1ccc(S(=O)(=O)NCCC(=O)NC(C)c2ccc(F)c(F)c2)cc1. The topological polar surface area (TPSA) is 84.5 Å². The Balaban J connectivity index is 1.85. The molecule has 2 N–H and O–H groups in total. The minimum absolute atomic E-state index is 0.0616. The molecule has 0 aliphatic rings. The van der Waals surface area contributed by atoms with E-state index in [4.69, 9.17) is 4.74 Å². The third-order valence-corrected chi connectivity index (χ3v) is 5.39. The molecular weight excluding hydrogens is 390 g/mol. The van der Waals surface area contributed by atoms with Crippen molar-refractivity contribution in [3.63, 3.8) is 0 Å². The maximum Gasteiger partial charge on any atom is 0.240 e. The normalized spacial score (nSPS) is 12.4. The van der Waals surface area contributed by atoms with Crippen LogP contribution in [-0.4, -0.2) is 27.5 Å². The molecule has 0 heterocycles. The molecule has 0 fully saturated rings. The summed E-state index contributed by atoms with van der Waals surface area (Å²) in [6.07, 6.45) is -0.107. The molecule has 0 aromatic heterocycles. The summed E-state index contributed by atoms with van der Waals surface area (Å²) in [4.78, 5) is 12.0. The molecular formula is C19H22F2N2O4S. The van der Waals surface area contributed by atoms with Gasteiger partial charge in [-0.25, -0.2) is 21.9 Å². The monoisotopic (exact) mass is 412 g/mol. The molecule has 0 radical (unpaired) electrons. The summed E-state index contributed by atoms with van der Waals surface area (Å²) in [5.41, 5.74) is 0.405. The Morgan fingerprint density at radius 2 is 1.79 bits per heavy atom. The highest BCUT2D eigenvalue weighted by Crippen LogP contribution is 2.17. The zero-order valence-corrected chi connectivity index (χ0v) is 16.4. The summed E-state index contributed by atoms with van der Waals surface area (Å²) in [6.45, 7) is 3.81. The quantitative estimate of drug-likeness (QED) is 0.663. The molecule has 2 aromatic carbocycles. The lowest BCUT2D eigenvalue weighted by molar-refractivity contribution is -0.121. The molecule has 1 amide bonds. The van der Waals surface area contributed by atoms with Crippen molar-refractivity contribution in [3.8, 4) is 5.75 Å². The summed E-state index contributed by atoms with van der Waals surface area (Å²) >= 11 is 0. The maximum absolute atomic E-state index is 13.3. The average molecular weight is 412 g/mol. The van der Waals surface area contributed by atoms with E-state index in [1.54, 1.807) is 19.1 Å². The average Bonchev–Trinajstić information content (AvgIpc) is 2.64. The van der Waals surface area contributed by atoms with E-state index >= 15 is 0 Å². The number of rotatable bonds is 9. The molecule has 152 valence electrons. The van der Waals surface area contributed by atoms with Crippen LogP contribution in [0.15, 0.2) is 47.4 Å². The molecule has 9 heteroatoms. The van der Waals surface area contributed by atoms with Gasteiger partial charge in [-0.3, -0.25) is 4.79 Å². The van der Waals surface area contributed by atoms with E-state index < -0.39 is 33.6 Å². The number of amides is 1. The summed E-state index contributed by atoms with van der Waals surface area (Å²) < 4.78 is 58.3. The van der Waals surface area contributed by atoms with Gasteiger partial charge >= 0.3 is 0 Å². The zero-order chi connectivity index (χ0) is 20.7. The highest BCUT2D eigenvalue weighted by molar-refractivity contribution is 7.89. The standard InChI is InChI=1S/C19H22F2N2O4S/c1-3-27-15-5-7-16(8-6-15)28(25,26)22-11-10-19(24)23-13(2)14-4-9-17(20)18(21)12-14/h4-9,12-13,22H,3,10-11H2,1-2H3,(H,23,24). The Hall–Kier alpha value is -2.52. The van der Waals surface area contributed by atoms with Gasteiger partial charge in [-0.1, -0.05) is 6.07 Å². The van der Waals surface area contributed by atoms with Crippen molar-refractivity contribution in [2.75, 3.05) is 13.2 Å². The Kier molecular flexibility index (Phi) is 7.47. The molecule has 0 bridgehead atoms. The van der Waals surface area contributed by atoms with Gasteiger partial charge in [0, 0.05) is 13.0 Å². The molecule has 2 rings (SSSR count). The molecule has 28 heavy (non-hydrogen) atoms. The fourth-order valence-electron chi connectivity index (χ4n) is 2.44. The fourth-order valence-corrected chi connectivity index (χ4v) is 3.47. The molecule has 6 nitrogen and oxygen atoms in total. The maximum atomic E-state index is 13.3. The van der Waals surface area contributed by atoms with Crippen molar-refractivity contribution in [1.29, 1.82) is 0 Å². The number of carbonyl (C=O) groups excluding carboxylic acids is 1. The van der Waals surface area contributed by atoms with Crippen LogP contribution in [0.4, 0.5) is 8.78 Å². The number of hydrogen-bond acceptors (Lipinski definition) is 4. The number of benzene rings is 2.